The summed E-state index contributed by atoms with van der Waals surface area (Å²) < 4.78 is 15.2. The number of aryl methyl sites for hydroxylation is 1. The fourth-order valence-electron chi connectivity index (χ4n) is 3.83. The number of imidazole rings is 1. The van der Waals surface area contributed by atoms with Crippen LogP contribution in [-0.4, -0.2) is 26.5 Å². The van der Waals surface area contributed by atoms with Crippen LogP contribution in [0.4, 0.5) is 15.9 Å². The van der Waals surface area contributed by atoms with Crippen molar-refractivity contribution in [2.75, 3.05) is 10.2 Å². The van der Waals surface area contributed by atoms with Gasteiger partial charge in [0.1, 0.15) is 11.6 Å². The number of amides is 1. The van der Waals surface area contributed by atoms with Crippen LogP contribution >= 0.6 is 0 Å². The monoisotopic (exact) mass is 379 g/mol. The van der Waals surface area contributed by atoms with Gasteiger partial charge in [0.05, 0.1) is 24.3 Å². The van der Waals surface area contributed by atoms with Crippen molar-refractivity contribution in [2.45, 2.75) is 39.3 Å². The summed E-state index contributed by atoms with van der Waals surface area (Å²) in [7, 11) is 0. The van der Waals surface area contributed by atoms with Gasteiger partial charge in [-0.3, -0.25) is 4.79 Å². The van der Waals surface area contributed by atoms with Crippen LogP contribution in [0.5, 0.6) is 0 Å². The Morgan fingerprint density at radius 2 is 2.07 bits per heavy atom. The van der Waals surface area contributed by atoms with Crippen LogP contribution in [0.2, 0.25) is 0 Å². The molecule has 1 amide bonds. The second kappa shape index (κ2) is 7.07. The average Bonchev–Trinajstić information content (AvgIpc) is 3.09. The van der Waals surface area contributed by atoms with Crippen LogP contribution in [0, 0.1) is 12.7 Å². The Labute approximate surface area is 163 Å². The molecule has 2 aromatic heterocycles. The van der Waals surface area contributed by atoms with Crippen molar-refractivity contribution < 1.29 is 9.18 Å². The zero-order valence-electron chi connectivity index (χ0n) is 16.1. The van der Waals surface area contributed by atoms with Crippen molar-refractivity contribution in [3.63, 3.8) is 0 Å². The number of pyridine rings is 1. The molecule has 0 unspecified atom stereocenters. The van der Waals surface area contributed by atoms with Gasteiger partial charge in [0.2, 0.25) is 5.91 Å². The number of nitrogens with zero attached hydrogens (tertiary/aromatic N) is 4. The highest BCUT2D eigenvalue weighted by molar-refractivity contribution is 5.94. The van der Waals surface area contributed by atoms with Gasteiger partial charge in [-0.05, 0) is 50.6 Å². The SMILES string of the molecule is CC(=O)N1c2ccc(-n3cnc(C)c3)cc2[C@H](Nc2ccc(F)cn2)C[C@@H]1C. The molecular formula is C21H22FN5O. The number of aromatic nitrogens is 3. The Morgan fingerprint density at radius 1 is 1.25 bits per heavy atom. The van der Waals surface area contributed by atoms with Gasteiger partial charge in [0, 0.05) is 36.1 Å². The van der Waals surface area contributed by atoms with Gasteiger partial charge in [-0.2, -0.15) is 0 Å². The molecule has 6 nitrogen and oxygen atoms in total. The summed E-state index contributed by atoms with van der Waals surface area (Å²) in [5.74, 6) is 0.242. The summed E-state index contributed by atoms with van der Waals surface area (Å²) in [6.45, 7) is 5.56. The summed E-state index contributed by atoms with van der Waals surface area (Å²) in [6, 6.07) is 9.02. The first-order valence-electron chi connectivity index (χ1n) is 9.25. The molecule has 1 aromatic carbocycles. The minimum absolute atomic E-state index is 0.0123. The molecule has 1 aliphatic rings. The van der Waals surface area contributed by atoms with Crippen LogP contribution in [-0.2, 0) is 4.79 Å². The highest BCUT2D eigenvalue weighted by atomic mass is 19.1. The molecule has 1 N–H and O–H groups in total. The molecular weight excluding hydrogens is 357 g/mol. The molecule has 3 aromatic rings. The quantitative estimate of drug-likeness (QED) is 0.747. The van der Waals surface area contributed by atoms with Gasteiger partial charge in [0.15, 0.2) is 0 Å². The number of carbonyl (C=O) groups is 1. The first-order valence-corrected chi connectivity index (χ1v) is 9.25. The lowest BCUT2D eigenvalue weighted by Gasteiger charge is -2.39. The highest BCUT2D eigenvalue weighted by Crippen LogP contribution is 2.40. The largest absolute Gasteiger partial charge is 0.363 e. The van der Waals surface area contributed by atoms with Gasteiger partial charge in [-0.1, -0.05) is 0 Å². The average molecular weight is 379 g/mol. The van der Waals surface area contributed by atoms with Crippen molar-refractivity contribution in [3.05, 3.63) is 66.1 Å². The van der Waals surface area contributed by atoms with E-state index in [4.69, 9.17) is 0 Å². The predicted molar refractivity (Wildman–Crippen MR) is 106 cm³/mol. The summed E-state index contributed by atoms with van der Waals surface area (Å²) in [5, 5.41) is 3.40. The molecule has 2 atom stereocenters. The maximum absolute atomic E-state index is 13.2. The number of benzene rings is 1. The van der Waals surface area contributed by atoms with Crippen LogP contribution in [0.15, 0.2) is 49.1 Å². The third-order valence-electron chi connectivity index (χ3n) is 5.06. The third-order valence-corrected chi connectivity index (χ3v) is 5.06. The van der Waals surface area contributed by atoms with E-state index in [1.165, 1.54) is 12.3 Å². The van der Waals surface area contributed by atoms with E-state index < -0.39 is 0 Å². The highest BCUT2D eigenvalue weighted by Gasteiger charge is 2.32. The van der Waals surface area contributed by atoms with E-state index in [2.05, 4.69) is 21.4 Å². The molecule has 28 heavy (non-hydrogen) atoms. The number of carbonyl (C=O) groups excluding carboxylic acids is 1. The number of rotatable bonds is 3. The van der Waals surface area contributed by atoms with Gasteiger partial charge < -0.3 is 14.8 Å². The number of hydrogen-bond acceptors (Lipinski definition) is 4. The molecule has 0 bridgehead atoms. The molecule has 0 spiro atoms. The molecule has 1 aliphatic heterocycles. The van der Waals surface area contributed by atoms with Crippen LogP contribution < -0.4 is 10.2 Å². The van der Waals surface area contributed by atoms with Gasteiger partial charge >= 0.3 is 0 Å². The van der Waals surface area contributed by atoms with Crippen molar-refractivity contribution in [1.82, 2.24) is 14.5 Å². The second-order valence-electron chi connectivity index (χ2n) is 7.20. The van der Waals surface area contributed by atoms with E-state index in [1.807, 2.05) is 41.6 Å². The van der Waals surface area contributed by atoms with Crippen molar-refractivity contribution in [2.24, 2.45) is 0 Å². The summed E-state index contributed by atoms with van der Waals surface area (Å²) in [6.07, 6.45) is 5.65. The van der Waals surface area contributed by atoms with Crippen molar-refractivity contribution >= 4 is 17.4 Å². The van der Waals surface area contributed by atoms with E-state index in [9.17, 15) is 9.18 Å². The van der Waals surface area contributed by atoms with E-state index in [0.717, 1.165) is 29.1 Å². The first kappa shape index (κ1) is 18.2. The molecule has 4 rings (SSSR count). The molecule has 144 valence electrons. The Balaban J connectivity index is 1.77. The van der Waals surface area contributed by atoms with Gasteiger partial charge in [-0.15, -0.1) is 0 Å². The maximum atomic E-state index is 13.2. The molecule has 0 radical (unpaired) electrons. The lowest BCUT2D eigenvalue weighted by Crippen LogP contribution is -2.43. The lowest BCUT2D eigenvalue weighted by atomic mass is 9.91. The number of hydrogen-bond donors (Lipinski definition) is 1. The fourth-order valence-corrected chi connectivity index (χ4v) is 3.83. The van der Waals surface area contributed by atoms with Gasteiger partial charge in [0.25, 0.3) is 0 Å². The summed E-state index contributed by atoms with van der Waals surface area (Å²) in [4.78, 5) is 22.5. The smallest absolute Gasteiger partial charge is 0.224 e. The predicted octanol–water partition coefficient (Wildman–Crippen LogP) is 4.01. The van der Waals surface area contributed by atoms with Crippen LogP contribution in [0.1, 0.15) is 37.6 Å². The van der Waals surface area contributed by atoms with Gasteiger partial charge in [-0.25, -0.2) is 14.4 Å². The maximum Gasteiger partial charge on any atom is 0.224 e. The Bertz CT molecular complexity index is 1010. The Kier molecular flexibility index (Phi) is 4.58. The number of fused-ring (bicyclic) bond motifs is 1. The van der Waals surface area contributed by atoms with Crippen LogP contribution in [0.25, 0.3) is 5.69 Å². The molecule has 3 heterocycles. The minimum Gasteiger partial charge on any atom is -0.363 e. The van der Waals surface area contributed by atoms with E-state index >= 15 is 0 Å². The molecule has 0 saturated heterocycles. The third kappa shape index (κ3) is 3.35. The molecule has 7 heteroatoms. The molecule has 0 fully saturated rings. The summed E-state index contributed by atoms with van der Waals surface area (Å²) in [5.41, 5.74) is 3.79. The molecule has 0 aliphatic carbocycles. The Hall–Kier alpha value is -3.22. The molecule has 0 saturated carbocycles. The Morgan fingerprint density at radius 3 is 2.71 bits per heavy atom. The van der Waals surface area contributed by atoms with E-state index in [1.54, 1.807) is 19.3 Å². The zero-order chi connectivity index (χ0) is 19.8. The fraction of sp³-hybridized carbons (Fsp3) is 0.286. The van der Waals surface area contributed by atoms with Crippen molar-refractivity contribution in [1.29, 1.82) is 0 Å². The standard InChI is InChI=1S/C21H22FN5O/c1-13-11-26(12-24-13)17-5-6-20-18(9-17)19(8-14(2)27(20)15(3)28)25-21-7-4-16(22)10-23-21/h4-7,9-12,14,19H,8H2,1-3H3,(H,23,25)/t14-,19+/m0/s1. The van der Waals surface area contributed by atoms with E-state index in [-0.39, 0.29) is 23.8 Å². The first-order chi connectivity index (χ1) is 13.4. The zero-order valence-corrected chi connectivity index (χ0v) is 16.1. The topological polar surface area (TPSA) is 63.1 Å². The van der Waals surface area contributed by atoms with Crippen LogP contribution in [0.3, 0.4) is 0 Å². The van der Waals surface area contributed by atoms with E-state index in [0.29, 0.717) is 5.82 Å². The second-order valence-corrected chi connectivity index (χ2v) is 7.20. The lowest BCUT2D eigenvalue weighted by molar-refractivity contribution is -0.117. The summed E-state index contributed by atoms with van der Waals surface area (Å²) >= 11 is 0. The number of anilines is 2. The number of nitrogens with one attached hydrogen (secondary N) is 1. The number of halogens is 1. The normalized spacial score (nSPS) is 18.6. The minimum atomic E-state index is -0.372. The van der Waals surface area contributed by atoms with Crippen molar-refractivity contribution in [3.8, 4) is 5.69 Å².